The fourth-order valence-electron chi connectivity index (χ4n) is 6.46. The van der Waals surface area contributed by atoms with Crippen LogP contribution in [0, 0.1) is 28.6 Å². The first-order valence-corrected chi connectivity index (χ1v) is 9.57. The van der Waals surface area contributed by atoms with Gasteiger partial charge in [0, 0.05) is 23.7 Å². The molecule has 0 heterocycles. The van der Waals surface area contributed by atoms with Crippen LogP contribution >= 0.6 is 0 Å². The molecular weight excluding hydrogens is 316 g/mol. The Kier molecular flexibility index (Phi) is 3.86. The van der Waals surface area contributed by atoms with Crippen molar-refractivity contribution in [2.75, 3.05) is 6.61 Å². The van der Waals surface area contributed by atoms with Crippen LogP contribution in [-0.4, -0.2) is 34.5 Å². The molecule has 0 bridgehead atoms. The lowest BCUT2D eigenvalue weighted by molar-refractivity contribution is -0.130. The molecule has 0 radical (unpaired) electrons. The minimum absolute atomic E-state index is 0.0535. The standard InChI is InChI=1S/C21H28O4/c1-20-7-5-13(23)9-12(20)10-17(24)19-15-4-3-14(18(25)11-22)21(15,2)8-6-16(19)20/h6,9,14-15,17,19,22,24H,3-5,7-8,10-11H2,1-2H3. The van der Waals surface area contributed by atoms with Crippen LogP contribution in [0.5, 0.6) is 0 Å². The van der Waals surface area contributed by atoms with Crippen molar-refractivity contribution in [3.05, 3.63) is 23.3 Å². The second kappa shape index (κ2) is 5.62. The van der Waals surface area contributed by atoms with Crippen LogP contribution in [0.15, 0.2) is 23.3 Å². The van der Waals surface area contributed by atoms with Gasteiger partial charge in [0.1, 0.15) is 6.61 Å². The summed E-state index contributed by atoms with van der Waals surface area (Å²) in [5.74, 6) is 0.367. The van der Waals surface area contributed by atoms with E-state index in [2.05, 4.69) is 19.9 Å². The minimum Gasteiger partial charge on any atom is -0.392 e. The van der Waals surface area contributed by atoms with E-state index < -0.39 is 6.10 Å². The number of carbonyl (C=O) groups is 2. The van der Waals surface area contributed by atoms with Gasteiger partial charge in [0.05, 0.1) is 6.10 Å². The van der Waals surface area contributed by atoms with Gasteiger partial charge in [-0.05, 0) is 49.5 Å². The highest BCUT2D eigenvalue weighted by Gasteiger charge is 2.59. The van der Waals surface area contributed by atoms with Gasteiger partial charge in [0.25, 0.3) is 0 Å². The number of aliphatic hydroxyl groups is 2. The van der Waals surface area contributed by atoms with E-state index in [0.29, 0.717) is 12.8 Å². The molecule has 2 N–H and O–H groups in total. The average molecular weight is 344 g/mol. The summed E-state index contributed by atoms with van der Waals surface area (Å²) in [6.45, 7) is 4.01. The SMILES string of the molecule is CC12CCC(=O)C=C1CC(O)C1C2=CCC2(C)C(C(=O)CO)CCC12. The summed E-state index contributed by atoms with van der Waals surface area (Å²) in [4.78, 5) is 24.1. The van der Waals surface area contributed by atoms with Crippen molar-refractivity contribution < 1.29 is 19.8 Å². The van der Waals surface area contributed by atoms with Gasteiger partial charge in [-0.2, -0.15) is 0 Å². The predicted octanol–water partition coefficient (Wildman–Crippen LogP) is 2.59. The molecule has 25 heavy (non-hydrogen) atoms. The number of hydrogen-bond donors (Lipinski definition) is 2. The second-order valence-corrected chi connectivity index (χ2v) is 9.00. The third-order valence-electron chi connectivity index (χ3n) is 7.90. The maximum atomic E-state index is 12.3. The van der Waals surface area contributed by atoms with E-state index in [1.54, 1.807) is 6.08 Å². The molecule has 0 saturated heterocycles. The molecule has 4 aliphatic carbocycles. The van der Waals surface area contributed by atoms with E-state index in [9.17, 15) is 19.8 Å². The summed E-state index contributed by atoms with van der Waals surface area (Å²) in [5, 5.41) is 20.3. The van der Waals surface area contributed by atoms with E-state index in [1.165, 1.54) is 5.57 Å². The molecular formula is C21H28O4. The number of aliphatic hydroxyl groups excluding tert-OH is 2. The van der Waals surface area contributed by atoms with Crippen LogP contribution in [-0.2, 0) is 9.59 Å². The first kappa shape index (κ1) is 17.2. The lowest BCUT2D eigenvalue weighted by Crippen LogP contribution is -2.50. The monoisotopic (exact) mass is 344 g/mol. The Bertz CT molecular complexity index is 690. The van der Waals surface area contributed by atoms with E-state index >= 15 is 0 Å². The average Bonchev–Trinajstić information content (AvgIpc) is 2.93. The summed E-state index contributed by atoms with van der Waals surface area (Å²) >= 11 is 0. The third-order valence-corrected chi connectivity index (χ3v) is 7.90. The molecule has 4 nitrogen and oxygen atoms in total. The number of allylic oxidation sites excluding steroid dienone is 2. The molecule has 6 unspecified atom stereocenters. The minimum atomic E-state index is -0.482. The molecule has 4 heteroatoms. The normalized spacial score (nSPS) is 45.8. The highest BCUT2D eigenvalue weighted by molar-refractivity contribution is 5.92. The Hall–Kier alpha value is -1.26. The zero-order chi connectivity index (χ0) is 18.0. The maximum Gasteiger partial charge on any atom is 0.161 e. The smallest absolute Gasteiger partial charge is 0.161 e. The molecule has 0 amide bonds. The molecule has 0 spiro atoms. The van der Waals surface area contributed by atoms with Gasteiger partial charge >= 0.3 is 0 Å². The Morgan fingerprint density at radius 1 is 1.32 bits per heavy atom. The van der Waals surface area contributed by atoms with Crippen molar-refractivity contribution in [3.8, 4) is 0 Å². The van der Waals surface area contributed by atoms with Gasteiger partial charge in [-0.3, -0.25) is 9.59 Å². The van der Waals surface area contributed by atoms with E-state index in [1.807, 2.05) is 0 Å². The molecule has 6 atom stereocenters. The molecule has 0 aromatic rings. The molecule has 4 aliphatic rings. The van der Waals surface area contributed by atoms with Crippen LogP contribution in [0.3, 0.4) is 0 Å². The highest BCUT2D eigenvalue weighted by Crippen LogP contribution is 2.64. The molecule has 4 rings (SSSR count). The zero-order valence-electron chi connectivity index (χ0n) is 15.1. The Morgan fingerprint density at radius 3 is 2.80 bits per heavy atom. The number of rotatable bonds is 2. The lowest BCUT2D eigenvalue weighted by atomic mass is 9.50. The lowest BCUT2D eigenvalue weighted by Gasteiger charge is -2.55. The highest BCUT2D eigenvalue weighted by atomic mass is 16.3. The summed E-state index contributed by atoms with van der Waals surface area (Å²) in [7, 11) is 0. The van der Waals surface area contributed by atoms with Crippen molar-refractivity contribution in [3.63, 3.8) is 0 Å². The van der Waals surface area contributed by atoms with Gasteiger partial charge in [-0.15, -0.1) is 0 Å². The molecule has 0 aromatic carbocycles. The topological polar surface area (TPSA) is 74.6 Å². The third kappa shape index (κ3) is 2.26. The van der Waals surface area contributed by atoms with Crippen molar-refractivity contribution in [1.29, 1.82) is 0 Å². The Labute approximate surface area is 149 Å². The van der Waals surface area contributed by atoms with Crippen LogP contribution in [0.25, 0.3) is 0 Å². The number of Topliss-reactive ketones (excluding diaryl/α,β-unsaturated/α-hetero) is 1. The van der Waals surface area contributed by atoms with Crippen molar-refractivity contribution in [1.82, 2.24) is 0 Å². The van der Waals surface area contributed by atoms with Gasteiger partial charge in [-0.1, -0.05) is 31.1 Å². The Morgan fingerprint density at radius 2 is 2.08 bits per heavy atom. The summed E-state index contributed by atoms with van der Waals surface area (Å²) in [6, 6.07) is 0. The van der Waals surface area contributed by atoms with Gasteiger partial charge in [0.15, 0.2) is 11.6 Å². The van der Waals surface area contributed by atoms with Gasteiger partial charge in [0.2, 0.25) is 0 Å². The van der Waals surface area contributed by atoms with Crippen LogP contribution in [0.4, 0.5) is 0 Å². The van der Waals surface area contributed by atoms with Gasteiger partial charge in [-0.25, -0.2) is 0 Å². The predicted molar refractivity (Wildman–Crippen MR) is 93.7 cm³/mol. The summed E-state index contributed by atoms with van der Waals surface area (Å²) in [6.07, 6.45) is 8.08. The number of hydrogen-bond acceptors (Lipinski definition) is 4. The molecule has 0 aromatic heterocycles. The van der Waals surface area contributed by atoms with Crippen molar-refractivity contribution in [2.45, 2.75) is 58.5 Å². The maximum absolute atomic E-state index is 12.3. The summed E-state index contributed by atoms with van der Waals surface area (Å²) < 4.78 is 0. The fraction of sp³-hybridized carbons (Fsp3) is 0.714. The fourth-order valence-corrected chi connectivity index (χ4v) is 6.46. The van der Waals surface area contributed by atoms with Gasteiger partial charge < -0.3 is 10.2 Å². The Balaban J connectivity index is 1.76. The quantitative estimate of drug-likeness (QED) is 0.755. The first-order chi connectivity index (χ1) is 11.8. The largest absolute Gasteiger partial charge is 0.392 e. The number of ketones is 2. The molecule has 2 saturated carbocycles. The second-order valence-electron chi connectivity index (χ2n) is 9.00. The van der Waals surface area contributed by atoms with Crippen LogP contribution < -0.4 is 0 Å². The molecule has 2 fully saturated rings. The van der Waals surface area contributed by atoms with Crippen molar-refractivity contribution >= 4 is 11.6 Å². The van der Waals surface area contributed by atoms with E-state index in [4.69, 9.17) is 0 Å². The number of fused-ring (bicyclic) bond motifs is 5. The van der Waals surface area contributed by atoms with Crippen molar-refractivity contribution in [2.24, 2.45) is 28.6 Å². The molecule has 0 aliphatic heterocycles. The molecule has 136 valence electrons. The van der Waals surface area contributed by atoms with E-state index in [0.717, 1.165) is 31.3 Å². The first-order valence-electron chi connectivity index (χ1n) is 9.57. The van der Waals surface area contributed by atoms with Crippen LogP contribution in [0.2, 0.25) is 0 Å². The summed E-state index contributed by atoms with van der Waals surface area (Å²) in [5.41, 5.74) is 2.10. The number of carbonyl (C=O) groups excluding carboxylic acids is 2. The van der Waals surface area contributed by atoms with Crippen LogP contribution in [0.1, 0.15) is 52.4 Å². The van der Waals surface area contributed by atoms with E-state index in [-0.39, 0.29) is 46.8 Å². The zero-order valence-corrected chi connectivity index (χ0v) is 15.1.